The molecule has 2 rings (SSSR count). The summed E-state index contributed by atoms with van der Waals surface area (Å²) < 4.78 is 0. The molecule has 1 aromatic heterocycles. The summed E-state index contributed by atoms with van der Waals surface area (Å²) in [5, 5.41) is 3.29. The zero-order valence-corrected chi connectivity index (χ0v) is 12.8. The Balaban J connectivity index is 1.89. The molecule has 102 valence electrons. The van der Waals surface area contributed by atoms with Crippen LogP contribution in [0.15, 0.2) is 5.38 Å². The van der Waals surface area contributed by atoms with E-state index in [0.717, 1.165) is 23.3 Å². The van der Waals surface area contributed by atoms with Gasteiger partial charge in [-0.2, -0.15) is 0 Å². The second-order valence-corrected chi connectivity index (χ2v) is 6.59. The van der Waals surface area contributed by atoms with Crippen LogP contribution >= 0.6 is 11.3 Å². The largest absolute Gasteiger partial charge is 0.351 e. The third kappa shape index (κ3) is 3.45. The van der Waals surface area contributed by atoms with Crippen LogP contribution in [0.4, 0.5) is 5.13 Å². The van der Waals surface area contributed by atoms with Gasteiger partial charge in [-0.05, 0) is 46.1 Å². The molecule has 1 aliphatic heterocycles. The summed E-state index contributed by atoms with van der Waals surface area (Å²) in [7, 11) is 2.17. The Kier molecular flexibility index (Phi) is 4.62. The van der Waals surface area contributed by atoms with Crippen molar-refractivity contribution in [1.29, 1.82) is 0 Å². The Morgan fingerprint density at radius 2 is 2.33 bits per heavy atom. The van der Waals surface area contributed by atoms with Crippen LogP contribution in [-0.2, 0) is 0 Å². The first-order valence-corrected chi connectivity index (χ1v) is 7.81. The van der Waals surface area contributed by atoms with Crippen LogP contribution in [0, 0.1) is 12.8 Å². The van der Waals surface area contributed by atoms with Gasteiger partial charge >= 0.3 is 0 Å². The molecule has 1 fully saturated rings. The molecule has 0 aliphatic carbocycles. The van der Waals surface area contributed by atoms with E-state index in [2.05, 4.69) is 48.0 Å². The van der Waals surface area contributed by atoms with E-state index in [0.29, 0.717) is 6.04 Å². The number of aromatic nitrogens is 1. The summed E-state index contributed by atoms with van der Waals surface area (Å²) in [6.45, 7) is 10.3. The monoisotopic (exact) mass is 267 g/mol. The van der Waals surface area contributed by atoms with Gasteiger partial charge in [-0.1, -0.05) is 0 Å². The molecule has 1 aromatic rings. The SMILES string of the molecule is Cc1csc(N(C)C[C@@H]2CCCN(C(C)C)C2)n1. The van der Waals surface area contributed by atoms with Crippen molar-refractivity contribution in [1.82, 2.24) is 9.88 Å². The molecule has 0 saturated carbocycles. The smallest absolute Gasteiger partial charge is 0.185 e. The van der Waals surface area contributed by atoms with Gasteiger partial charge < -0.3 is 9.80 Å². The molecule has 0 unspecified atom stereocenters. The first-order chi connectivity index (χ1) is 8.56. The summed E-state index contributed by atoms with van der Waals surface area (Å²) >= 11 is 1.75. The van der Waals surface area contributed by atoms with E-state index in [1.165, 1.54) is 25.9 Å². The van der Waals surface area contributed by atoms with Crippen LogP contribution in [0.25, 0.3) is 0 Å². The maximum absolute atomic E-state index is 4.56. The minimum Gasteiger partial charge on any atom is -0.351 e. The van der Waals surface area contributed by atoms with Crippen molar-refractivity contribution in [2.24, 2.45) is 5.92 Å². The third-order valence-corrected chi connectivity index (χ3v) is 4.82. The summed E-state index contributed by atoms with van der Waals surface area (Å²) in [5.74, 6) is 0.787. The second kappa shape index (κ2) is 6.02. The quantitative estimate of drug-likeness (QED) is 0.836. The van der Waals surface area contributed by atoms with E-state index in [1.807, 2.05) is 0 Å². The number of rotatable bonds is 4. The van der Waals surface area contributed by atoms with Crippen molar-refractivity contribution in [3.8, 4) is 0 Å². The van der Waals surface area contributed by atoms with Gasteiger partial charge in [-0.15, -0.1) is 11.3 Å². The number of anilines is 1. The Hall–Kier alpha value is -0.610. The second-order valence-electron chi connectivity index (χ2n) is 5.75. The average molecular weight is 267 g/mol. The number of piperidine rings is 1. The third-order valence-electron chi connectivity index (χ3n) is 3.75. The fourth-order valence-corrected chi connectivity index (χ4v) is 3.48. The molecule has 18 heavy (non-hydrogen) atoms. The number of thiazole rings is 1. The molecule has 0 N–H and O–H groups in total. The molecular formula is C14H25N3S. The molecular weight excluding hydrogens is 242 g/mol. The predicted octanol–water partition coefficient (Wildman–Crippen LogP) is 3.01. The molecule has 2 heterocycles. The zero-order chi connectivity index (χ0) is 13.1. The average Bonchev–Trinajstić information content (AvgIpc) is 2.76. The van der Waals surface area contributed by atoms with Crippen molar-refractivity contribution in [3.63, 3.8) is 0 Å². The van der Waals surface area contributed by atoms with E-state index in [-0.39, 0.29) is 0 Å². The van der Waals surface area contributed by atoms with Gasteiger partial charge in [-0.3, -0.25) is 0 Å². The Morgan fingerprint density at radius 3 is 2.94 bits per heavy atom. The molecule has 0 radical (unpaired) electrons. The molecule has 4 heteroatoms. The van der Waals surface area contributed by atoms with Crippen molar-refractivity contribution in [2.75, 3.05) is 31.6 Å². The minimum absolute atomic E-state index is 0.681. The van der Waals surface area contributed by atoms with Gasteiger partial charge in [0.15, 0.2) is 5.13 Å². The highest BCUT2D eigenvalue weighted by atomic mass is 32.1. The molecule has 0 spiro atoms. The van der Waals surface area contributed by atoms with Gasteiger partial charge in [0, 0.05) is 31.6 Å². The van der Waals surface area contributed by atoms with E-state index >= 15 is 0 Å². The van der Waals surface area contributed by atoms with Gasteiger partial charge in [0.05, 0.1) is 5.69 Å². The van der Waals surface area contributed by atoms with Gasteiger partial charge in [0.1, 0.15) is 0 Å². The zero-order valence-electron chi connectivity index (χ0n) is 12.0. The normalized spacial score (nSPS) is 21.5. The molecule has 1 atom stereocenters. The number of nitrogens with zero attached hydrogens (tertiary/aromatic N) is 3. The van der Waals surface area contributed by atoms with E-state index in [4.69, 9.17) is 0 Å². The molecule has 1 aliphatic rings. The first-order valence-electron chi connectivity index (χ1n) is 6.93. The number of likely N-dealkylation sites (tertiary alicyclic amines) is 1. The van der Waals surface area contributed by atoms with Gasteiger partial charge in [0.25, 0.3) is 0 Å². The molecule has 0 aromatic carbocycles. The first kappa shape index (κ1) is 13.8. The highest BCUT2D eigenvalue weighted by molar-refractivity contribution is 7.13. The maximum Gasteiger partial charge on any atom is 0.185 e. The number of hydrogen-bond donors (Lipinski definition) is 0. The highest BCUT2D eigenvalue weighted by Gasteiger charge is 2.23. The highest BCUT2D eigenvalue weighted by Crippen LogP contribution is 2.23. The Labute approximate surface area is 115 Å². The van der Waals surface area contributed by atoms with Crippen molar-refractivity contribution < 1.29 is 0 Å². The molecule has 3 nitrogen and oxygen atoms in total. The van der Waals surface area contributed by atoms with Crippen LogP contribution in [0.2, 0.25) is 0 Å². The van der Waals surface area contributed by atoms with Crippen LogP contribution < -0.4 is 4.90 Å². The lowest BCUT2D eigenvalue weighted by molar-refractivity contribution is 0.142. The van der Waals surface area contributed by atoms with Crippen LogP contribution in [0.5, 0.6) is 0 Å². The lowest BCUT2D eigenvalue weighted by Crippen LogP contribution is -2.43. The van der Waals surface area contributed by atoms with Crippen LogP contribution in [0.3, 0.4) is 0 Å². The topological polar surface area (TPSA) is 19.4 Å². The summed E-state index contributed by atoms with van der Waals surface area (Å²) in [6.07, 6.45) is 2.70. The summed E-state index contributed by atoms with van der Waals surface area (Å²) in [5.41, 5.74) is 1.13. The van der Waals surface area contributed by atoms with Crippen molar-refractivity contribution in [3.05, 3.63) is 11.1 Å². The lowest BCUT2D eigenvalue weighted by atomic mass is 9.96. The van der Waals surface area contributed by atoms with E-state index in [1.54, 1.807) is 11.3 Å². The van der Waals surface area contributed by atoms with E-state index < -0.39 is 0 Å². The van der Waals surface area contributed by atoms with Crippen molar-refractivity contribution >= 4 is 16.5 Å². The molecule has 0 amide bonds. The molecule has 0 bridgehead atoms. The Morgan fingerprint density at radius 1 is 1.56 bits per heavy atom. The lowest BCUT2D eigenvalue weighted by Gasteiger charge is -2.36. The fraction of sp³-hybridized carbons (Fsp3) is 0.786. The Bertz CT molecular complexity index is 375. The molecule has 1 saturated heterocycles. The van der Waals surface area contributed by atoms with Crippen molar-refractivity contribution in [2.45, 2.75) is 39.7 Å². The fourth-order valence-electron chi connectivity index (χ4n) is 2.70. The van der Waals surface area contributed by atoms with Gasteiger partial charge in [0.2, 0.25) is 0 Å². The maximum atomic E-state index is 4.56. The minimum atomic E-state index is 0.681. The standard InChI is InChI=1S/C14H25N3S/c1-11(2)17-7-5-6-13(9-17)8-16(4)14-15-12(3)10-18-14/h10-11,13H,5-9H2,1-4H3/t13-/m0/s1. The van der Waals surface area contributed by atoms with E-state index in [9.17, 15) is 0 Å². The predicted molar refractivity (Wildman–Crippen MR) is 79.6 cm³/mol. The number of aryl methyl sites for hydroxylation is 1. The summed E-state index contributed by atoms with van der Waals surface area (Å²) in [6, 6.07) is 0.681. The number of hydrogen-bond acceptors (Lipinski definition) is 4. The van der Waals surface area contributed by atoms with Crippen LogP contribution in [0.1, 0.15) is 32.4 Å². The van der Waals surface area contributed by atoms with Crippen LogP contribution in [-0.4, -0.2) is 42.6 Å². The van der Waals surface area contributed by atoms with Gasteiger partial charge in [-0.25, -0.2) is 4.98 Å². The summed E-state index contributed by atoms with van der Waals surface area (Å²) in [4.78, 5) is 9.49.